The molecule has 0 aliphatic rings. The van der Waals surface area contributed by atoms with Gasteiger partial charge in [0.05, 0.1) is 22.3 Å². The van der Waals surface area contributed by atoms with Crippen molar-refractivity contribution >= 4 is 25.3 Å². The van der Waals surface area contributed by atoms with Crippen LogP contribution in [-0.2, 0) is 14.3 Å². The Kier molecular flexibility index (Phi) is 7.03. The minimum atomic E-state index is -2.11. The average Bonchev–Trinajstić information content (AvgIpc) is 2.57. The molecular formula is C17H25NO4Si. The van der Waals surface area contributed by atoms with E-state index in [0.29, 0.717) is 0 Å². The van der Waals surface area contributed by atoms with Crippen LogP contribution in [-0.4, -0.2) is 40.4 Å². The zero-order valence-corrected chi connectivity index (χ0v) is 15.3. The molecule has 1 amide bonds. The Bertz CT molecular complexity index is 557. The predicted octanol–water partition coefficient (Wildman–Crippen LogP) is 2.45. The fourth-order valence-corrected chi connectivity index (χ4v) is 5.81. The van der Waals surface area contributed by atoms with Crippen molar-refractivity contribution in [2.75, 3.05) is 14.2 Å². The van der Waals surface area contributed by atoms with Crippen LogP contribution in [0.1, 0.15) is 6.92 Å². The monoisotopic (exact) mass is 335 g/mol. The molecule has 0 unspecified atom stereocenters. The van der Waals surface area contributed by atoms with E-state index in [1.165, 1.54) is 19.4 Å². The van der Waals surface area contributed by atoms with Gasteiger partial charge in [-0.1, -0.05) is 60.8 Å². The number of rotatable bonds is 6. The molecule has 1 aromatic carbocycles. The molecule has 0 aliphatic carbocycles. The number of ether oxygens (including phenoxy) is 2. The van der Waals surface area contributed by atoms with Gasteiger partial charge in [-0.05, 0) is 6.92 Å². The van der Waals surface area contributed by atoms with E-state index < -0.39 is 26.2 Å². The van der Waals surface area contributed by atoms with Crippen LogP contribution in [0.2, 0.25) is 18.6 Å². The van der Waals surface area contributed by atoms with Crippen molar-refractivity contribution in [3.8, 4) is 0 Å². The summed E-state index contributed by atoms with van der Waals surface area (Å²) >= 11 is 0. The molecular weight excluding hydrogens is 310 g/mol. The van der Waals surface area contributed by atoms with Gasteiger partial charge in [0.1, 0.15) is 6.04 Å². The number of carbonyl (C=O) groups is 2. The van der Waals surface area contributed by atoms with E-state index in [4.69, 9.17) is 4.74 Å². The summed E-state index contributed by atoms with van der Waals surface area (Å²) in [6, 6.07) is 9.27. The van der Waals surface area contributed by atoms with Crippen molar-refractivity contribution in [2.45, 2.75) is 31.6 Å². The third kappa shape index (κ3) is 4.69. The summed E-state index contributed by atoms with van der Waals surface area (Å²) in [7, 11) is 0.480. The third-order valence-corrected chi connectivity index (χ3v) is 8.04. The first-order valence-electron chi connectivity index (χ1n) is 7.49. The Morgan fingerprint density at radius 2 is 1.74 bits per heavy atom. The number of carbonyl (C=O) groups excluding carboxylic acids is 2. The van der Waals surface area contributed by atoms with Crippen LogP contribution in [0, 0.1) is 0 Å². The molecule has 23 heavy (non-hydrogen) atoms. The van der Waals surface area contributed by atoms with Gasteiger partial charge in [0.25, 0.3) is 0 Å². The maximum atomic E-state index is 12.3. The van der Waals surface area contributed by atoms with Crippen LogP contribution < -0.4 is 10.5 Å². The van der Waals surface area contributed by atoms with Gasteiger partial charge in [-0.15, -0.1) is 0 Å². The van der Waals surface area contributed by atoms with Crippen LogP contribution >= 0.6 is 0 Å². The topological polar surface area (TPSA) is 64.6 Å². The summed E-state index contributed by atoms with van der Waals surface area (Å²) in [4.78, 5) is 23.9. The lowest BCUT2D eigenvalue weighted by atomic mass is 10.2. The molecule has 6 heteroatoms. The Labute approximate surface area is 138 Å². The van der Waals surface area contributed by atoms with Crippen molar-refractivity contribution in [3.63, 3.8) is 0 Å². The average molecular weight is 335 g/mol. The van der Waals surface area contributed by atoms with Gasteiger partial charge < -0.3 is 14.8 Å². The molecule has 126 valence electrons. The molecule has 0 fully saturated rings. The molecule has 0 heterocycles. The summed E-state index contributed by atoms with van der Waals surface area (Å²) in [5, 5.41) is 3.82. The standard InChI is InChI=1S/C17H25NO4Si/c1-6-10-14(15(16(19)21-2)18-17(20)22-3)23(4,5)13-11-8-7-9-12-13/h6-12,14-15H,1-5H3,(H,18,20)/b10-6+/t14-,15-/m1/s1. The Hall–Kier alpha value is -2.08. The normalized spacial score (nSPS) is 14.1. The van der Waals surface area contributed by atoms with Gasteiger partial charge in [0, 0.05) is 5.54 Å². The molecule has 0 spiro atoms. The second-order valence-corrected chi connectivity index (χ2v) is 10.5. The van der Waals surface area contributed by atoms with Crippen molar-refractivity contribution in [2.24, 2.45) is 0 Å². The van der Waals surface area contributed by atoms with Gasteiger partial charge in [0.15, 0.2) is 0 Å². The van der Waals surface area contributed by atoms with E-state index in [-0.39, 0.29) is 5.54 Å². The SMILES string of the molecule is C/C=C/[C@H]([C@@H](NC(=O)OC)C(=O)OC)[Si](C)(C)c1ccccc1. The van der Waals surface area contributed by atoms with E-state index in [9.17, 15) is 9.59 Å². The highest BCUT2D eigenvalue weighted by Crippen LogP contribution is 2.28. The van der Waals surface area contributed by atoms with Gasteiger partial charge >= 0.3 is 12.1 Å². The predicted molar refractivity (Wildman–Crippen MR) is 93.5 cm³/mol. The largest absolute Gasteiger partial charge is 0.467 e. The van der Waals surface area contributed by atoms with Crippen LogP contribution in [0.5, 0.6) is 0 Å². The van der Waals surface area contributed by atoms with Crippen LogP contribution in [0.25, 0.3) is 0 Å². The van der Waals surface area contributed by atoms with E-state index >= 15 is 0 Å². The molecule has 0 bridgehead atoms. The highest BCUT2D eigenvalue weighted by atomic mass is 28.3. The van der Waals surface area contributed by atoms with Gasteiger partial charge in [0.2, 0.25) is 0 Å². The number of benzene rings is 1. The molecule has 0 saturated carbocycles. The molecule has 0 aromatic heterocycles. The molecule has 5 nitrogen and oxygen atoms in total. The highest BCUT2D eigenvalue weighted by Gasteiger charge is 2.42. The van der Waals surface area contributed by atoms with Gasteiger partial charge in [-0.3, -0.25) is 0 Å². The van der Waals surface area contributed by atoms with Crippen LogP contribution in [0.3, 0.4) is 0 Å². The highest BCUT2D eigenvalue weighted by molar-refractivity contribution is 6.91. The van der Waals surface area contributed by atoms with E-state index in [1.807, 2.05) is 37.3 Å². The first-order valence-corrected chi connectivity index (χ1v) is 10.6. The number of amides is 1. The lowest BCUT2D eigenvalue weighted by molar-refractivity contribution is -0.142. The number of allylic oxidation sites excluding steroid dienone is 1. The second kappa shape index (κ2) is 8.52. The van der Waals surface area contributed by atoms with Gasteiger partial charge in [-0.2, -0.15) is 0 Å². The van der Waals surface area contributed by atoms with Crippen molar-refractivity contribution in [1.29, 1.82) is 0 Å². The van der Waals surface area contributed by atoms with E-state index in [0.717, 1.165) is 0 Å². The van der Waals surface area contributed by atoms with Crippen molar-refractivity contribution in [1.82, 2.24) is 5.32 Å². The maximum absolute atomic E-state index is 12.3. The number of methoxy groups -OCH3 is 2. The molecule has 0 radical (unpaired) electrons. The van der Waals surface area contributed by atoms with Crippen molar-refractivity contribution < 1.29 is 19.1 Å². The second-order valence-electron chi connectivity index (χ2n) is 5.78. The zero-order valence-electron chi connectivity index (χ0n) is 14.3. The minimum Gasteiger partial charge on any atom is -0.467 e. The number of alkyl carbamates (subject to hydrolysis) is 1. The molecule has 2 atom stereocenters. The minimum absolute atomic E-state index is 0.165. The molecule has 1 aromatic rings. The number of esters is 1. The quantitative estimate of drug-likeness (QED) is 0.493. The summed E-state index contributed by atoms with van der Waals surface area (Å²) in [6.07, 6.45) is 3.22. The molecule has 0 saturated heterocycles. The van der Waals surface area contributed by atoms with Gasteiger partial charge in [-0.25, -0.2) is 9.59 Å². The fourth-order valence-electron chi connectivity index (χ4n) is 2.64. The number of hydrogen-bond acceptors (Lipinski definition) is 4. The third-order valence-electron chi connectivity index (χ3n) is 4.02. The Balaban J connectivity index is 3.28. The van der Waals surface area contributed by atoms with Crippen LogP contribution in [0.15, 0.2) is 42.5 Å². The maximum Gasteiger partial charge on any atom is 0.407 e. The number of nitrogens with one attached hydrogen (secondary N) is 1. The smallest absolute Gasteiger partial charge is 0.407 e. The summed E-state index contributed by atoms with van der Waals surface area (Å²) in [5.41, 5.74) is -0.165. The van der Waals surface area contributed by atoms with Crippen LogP contribution in [0.4, 0.5) is 4.79 Å². The molecule has 1 rings (SSSR count). The summed E-state index contributed by atoms with van der Waals surface area (Å²) in [5.74, 6) is -0.477. The fraction of sp³-hybridized carbons (Fsp3) is 0.412. The zero-order chi connectivity index (χ0) is 17.5. The number of hydrogen-bond donors (Lipinski definition) is 1. The first-order chi connectivity index (χ1) is 10.9. The van der Waals surface area contributed by atoms with E-state index in [1.54, 1.807) is 0 Å². The lowest BCUT2D eigenvalue weighted by Crippen LogP contribution is -2.56. The lowest BCUT2D eigenvalue weighted by Gasteiger charge is -2.35. The Morgan fingerprint density at radius 1 is 1.13 bits per heavy atom. The van der Waals surface area contributed by atoms with Crippen molar-refractivity contribution in [3.05, 3.63) is 42.5 Å². The van der Waals surface area contributed by atoms with E-state index in [2.05, 4.69) is 35.3 Å². The Morgan fingerprint density at radius 3 is 2.22 bits per heavy atom. The molecule has 0 aliphatic heterocycles. The first kappa shape index (κ1) is 19.0. The molecule has 1 N–H and O–H groups in total. The summed E-state index contributed by atoms with van der Waals surface area (Å²) < 4.78 is 9.55. The summed E-state index contributed by atoms with van der Waals surface area (Å²) in [6.45, 7) is 6.23.